The van der Waals surface area contributed by atoms with Gasteiger partial charge in [-0.3, -0.25) is 9.98 Å². The van der Waals surface area contributed by atoms with E-state index in [-0.39, 0.29) is 5.82 Å². The van der Waals surface area contributed by atoms with Crippen LogP contribution in [0.2, 0.25) is 0 Å². The molecule has 1 aromatic heterocycles. The van der Waals surface area contributed by atoms with E-state index in [4.69, 9.17) is 0 Å². The standard InChI is InChI=1S/C13H21FN4/c1-10(2)6-8-17-13(15-3)18-9-12-11(14)5-4-7-16-12/h4-5,7,10H,6,8-9H2,1-3H3,(H2,15,17,18). The van der Waals surface area contributed by atoms with Gasteiger partial charge in [0.25, 0.3) is 0 Å². The summed E-state index contributed by atoms with van der Waals surface area (Å²) in [7, 11) is 1.69. The first-order valence-electron chi connectivity index (χ1n) is 6.17. The predicted octanol–water partition coefficient (Wildman–Crippen LogP) is 1.93. The van der Waals surface area contributed by atoms with Gasteiger partial charge in [-0.05, 0) is 24.5 Å². The van der Waals surface area contributed by atoms with Gasteiger partial charge in [-0.15, -0.1) is 0 Å². The lowest BCUT2D eigenvalue weighted by Crippen LogP contribution is -2.38. The van der Waals surface area contributed by atoms with Crippen LogP contribution in [0.4, 0.5) is 4.39 Å². The number of hydrogen-bond donors (Lipinski definition) is 2. The maximum atomic E-state index is 13.3. The van der Waals surface area contributed by atoms with Crippen LogP contribution in [-0.2, 0) is 6.54 Å². The van der Waals surface area contributed by atoms with E-state index in [2.05, 4.69) is 34.5 Å². The smallest absolute Gasteiger partial charge is 0.191 e. The summed E-state index contributed by atoms with van der Waals surface area (Å²) in [6.07, 6.45) is 2.65. The molecule has 18 heavy (non-hydrogen) atoms. The summed E-state index contributed by atoms with van der Waals surface area (Å²) >= 11 is 0. The Morgan fingerprint density at radius 1 is 1.44 bits per heavy atom. The van der Waals surface area contributed by atoms with Crippen LogP contribution in [0.15, 0.2) is 23.3 Å². The van der Waals surface area contributed by atoms with Gasteiger partial charge in [0.2, 0.25) is 0 Å². The molecule has 2 N–H and O–H groups in total. The maximum Gasteiger partial charge on any atom is 0.191 e. The van der Waals surface area contributed by atoms with Crippen LogP contribution in [-0.4, -0.2) is 24.5 Å². The summed E-state index contributed by atoms with van der Waals surface area (Å²) in [6, 6.07) is 2.98. The predicted molar refractivity (Wildman–Crippen MR) is 71.9 cm³/mol. The van der Waals surface area contributed by atoms with Crippen LogP contribution in [0, 0.1) is 11.7 Å². The molecule has 4 nitrogen and oxygen atoms in total. The largest absolute Gasteiger partial charge is 0.356 e. The van der Waals surface area contributed by atoms with Crippen molar-refractivity contribution in [2.45, 2.75) is 26.8 Å². The van der Waals surface area contributed by atoms with Crippen molar-refractivity contribution in [3.8, 4) is 0 Å². The van der Waals surface area contributed by atoms with Crippen molar-refractivity contribution in [1.29, 1.82) is 0 Å². The lowest BCUT2D eigenvalue weighted by atomic mass is 10.1. The van der Waals surface area contributed by atoms with E-state index < -0.39 is 0 Å². The third-order valence-corrected chi connectivity index (χ3v) is 2.50. The Morgan fingerprint density at radius 2 is 2.22 bits per heavy atom. The molecule has 0 fully saturated rings. The molecular formula is C13H21FN4. The summed E-state index contributed by atoms with van der Waals surface area (Å²) in [5, 5.41) is 6.22. The van der Waals surface area contributed by atoms with Crippen LogP contribution in [0.25, 0.3) is 0 Å². The zero-order chi connectivity index (χ0) is 13.4. The van der Waals surface area contributed by atoms with Crippen molar-refractivity contribution in [3.05, 3.63) is 29.8 Å². The molecule has 1 heterocycles. The first-order chi connectivity index (χ1) is 8.63. The average Bonchev–Trinajstić information content (AvgIpc) is 2.35. The molecule has 0 saturated carbocycles. The number of aromatic nitrogens is 1. The molecule has 100 valence electrons. The van der Waals surface area contributed by atoms with E-state index in [0.717, 1.165) is 13.0 Å². The van der Waals surface area contributed by atoms with E-state index in [1.54, 1.807) is 19.3 Å². The van der Waals surface area contributed by atoms with Gasteiger partial charge in [-0.2, -0.15) is 0 Å². The van der Waals surface area contributed by atoms with Gasteiger partial charge in [-0.1, -0.05) is 13.8 Å². The van der Waals surface area contributed by atoms with E-state index >= 15 is 0 Å². The minimum Gasteiger partial charge on any atom is -0.356 e. The topological polar surface area (TPSA) is 49.3 Å². The lowest BCUT2D eigenvalue weighted by Gasteiger charge is -2.12. The highest BCUT2D eigenvalue weighted by atomic mass is 19.1. The monoisotopic (exact) mass is 252 g/mol. The number of nitrogens with one attached hydrogen (secondary N) is 2. The number of hydrogen-bond acceptors (Lipinski definition) is 2. The van der Waals surface area contributed by atoms with Gasteiger partial charge in [0, 0.05) is 19.8 Å². The third-order valence-electron chi connectivity index (χ3n) is 2.50. The molecule has 0 unspecified atom stereocenters. The second kappa shape index (κ2) is 7.63. The van der Waals surface area contributed by atoms with Gasteiger partial charge < -0.3 is 10.6 Å². The van der Waals surface area contributed by atoms with E-state index in [0.29, 0.717) is 24.1 Å². The van der Waals surface area contributed by atoms with Crippen molar-refractivity contribution in [1.82, 2.24) is 15.6 Å². The molecule has 0 atom stereocenters. The van der Waals surface area contributed by atoms with Crippen LogP contribution in [0.3, 0.4) is 0 Å². The highest BCUT2D eigenvalue weighted by molar-refractivity contribution is 5.79. The van der Waals surface area contributed by atoms with Crippen LogP contribution in [0.1, 0.15) is 26.0 Å². The Morgan fingerprint density at radius 3 is 2.83 bits per heavy atom. The fourth-order valence-corrected chi connectivity index (χ4v) is 1.42. The van der Waals surface area contributed by atoms with Gasteiger partial charge in [0.1, 0.15) is 5.82 Å². The van der Waals surface area contributed by atoms with Gasteiger partial charge in [0.05, 0.1) is 12.2 Å². The Bertz CT molecular complexity index is 390. The Kier molecular flexibility index (Phi) is 6.11. The highest BCUT2D eigenvalue weighted by Gasteiger charge is 2.03. The second-order valence-corrected chi connectivity index (χ2v) is 4.47. The number of nitrogens with zero attached hydrogens (tertiary/aromatic N) is 2. The van der Waals surface area contributed by atoms with Gasteiger partial charge in [-0.25, -0.2) is 4.39 Å². The van der Waals surface area contributed by atoms with Crippen molar-refractivity contribution >= 4 is 5.96 Å². The fourth-order valence-electron chi connectivity index (χ4n) is 1.42. The average molecular weight is 252 g/mol. The molecule has 0 aliphatic rings. The zero-order valence-electron chi connectivity index (χ0n) is 11.2. The molecule has 5 heteroatoms. The maximum absolute atomic E-state index is 13.3. The molecule has 1 aromatic rings. The first-order valence-corrected chi connectivity index (χ1v) is 6.17. The minimum absolute atomic E-state index is 0.303. The third kappa shape index (κ3) is 5.12. The molecule has 0 spiro atoms. The number of aliphatic imine (C=N–C) groups is 1. The van der Waals surface area contributed by atoms with Crippen LogP contribution < -0.4 is 10.6 Å². The lowest BCUT2D eigenvalue weighted by molar-refractivity contribution is 0.570. The number of pyridine rings is 1. The van der Waals surface area contributed by atoms with Crippen molar-refractivity contribution in [2.24, 2.45) is 10.9 Å². The van der Waals surface area contributed by atoms with Crippen LogP contribution >= 0.6 is 0 Å². The molecule has 0 saturated heterocycles. The summed E-state index contributed by atoms with van der Waals surface area (Å²) in [6.45, 7) is 5.51. The summed E-state index contributed by atoms with van der Waals surface area (Å²) in [5.41, 5.74) is 0.393. The molecule has 1 rings (SSSR count). The van der Waals surface area contributed by atoms with Crippen LogP contribution in [0.5, 0.6) is 0 Å². The number of guanidine groups is 1. The van der Waals surface area contributed by atoms with Crippen molar-refractivity contribution in [3.63, 3.8) is 0 Å². The molecule has 0 radical (unpaired) electrons. The molecular weight excluding hydrogens is 231 g/mol. The molecule has 0 aliphatic heterocycles. The Balaban J connectivity index is 2.39. The quantitative estimate of drug-likeness (QED) is 0.622. The second-order valence-electron chi connectivity index (χ2n) is 4.47. The van der Waals surface area contributed by atoms with E-state index in [1.165, 1.54) is 6.07 Å². The fraction of sp³-hybridized carbons (Fsp3) is 0.538. The SMILES string of the molecule is CN=C(NCCC(C)C)NCc1ncccc1F. The van der Waals surface area contributed by atoms with Gasteiger partial charge in [0.15, 0.2) is 5.96 Å². The highest BCUT2D eigenvalue weighted by Crippen LogP contribution is 2.01. The van der Waals surface area contributed by atoms with E-state index in [1.807, 2.05) is 0 Å². The zero-order valence-corrected chi connectivity index (χ0v) is 11.2. The number of rotatable bonds is 5. The molecule has 0 amide bonds. The van der Waals surface area contributed by atoms with Crippen molar-refractivity contribution in [2.75, 3.05) is 13.6 Å². The number of halogens is 1. The Labute approximate surface area is 108 Å². The minimum atomic E-state index is -0.303. The first kappa shape index (κ1) is 14.4. The summed E-state index contributed by atoms with van der Waals surface area (Å²) in [5.74, 6) is 1.01. The summed E-state index contributed by atoms with van der Waals surface area (Å²) < 4.78 is 13.3. The molecule has 0 bridgehead atoms. The summed E-state index contributed by atoms with van der Waals surface area (Å²) in [4.78, 5) is 8.05. The van der Waals surface area contributed by atoms with Crippen molar-refractivity contribution < 1.29 is 4.39 Å². The molecule has 0 aliphatic carbocycles. The van der Waals surface area contributed by atoms with E-state index in [9.17, 15) is 4.39 Å². The Hall–Kier alpha value is -1.65. The van der Waals surface area contributed by atoms with Gasteiger partial charge >= 0.3 is 0 Å². The normalized spacial score (nSPS) is 11.7. The molecule has 0 aromatic carbocycles.